The van der Waals surface area contributed by atoms with Gasteiger partial charge in [0.2, 0.25) is 0 Å². The largest absolute Gasteiger partial charge is 0.493 e. The smallest absolute Gasteiger partial charge is 0.164 e. The predicted octanol–water partition coefficient (Wildman–Crippen LogP) is 2.12. The van der Waals surface area contributed by atoms with Crippen molar-refractivity contribution in [2.45, 2.75) is 26.4 Å². The molecule has 0 aliphatic carbocycles. The van der Waals surface area contributed by atoms with Crippen LogP contribution in [-0.2, 0) is 6.42 Å². The van der Waals surface area contributed by atoms with Gasteiger partial charge in [0.15, 0.2) is 11.5 Å². The van der Waals surface area contributed by atoms with Crippen LogP contribution < -0.4 is 15.2 Å². The fourth-order valence-corrected chi connectivity index (χ4v) is 1.43. The Labute approximate surface area is 95.4 Å². The molecule has 90 valence electrons. The summed E-state index contributed by atoms with van der Waals surface area (Å²) in [5, 5.41) is 0. The summed E-state index contributed by atoms with van der Waals surface area (Å²) in [6, 6.07) is 2.99. The lowest BCUT2D eigenvalue weighted by Crippen LogP contribution is -2.09. The highest BCUT2D eigenvalue weighted by Gasteiger charge is 2.12. The van der Waals surface area contributed by atoms with Crippen molar-refractivity contribution in [1.29, 1.82) is 0 Å². The topological polar surface area (TPSA) is 44.5 Å². The molecule has 0 bridgehead atoms. The van der Waals surface area contributed by atoms with E-state index >= 15 is 0 Å². The van der Waals surface area contributed by atoms with Gasteiger partial charge in [0, 0.05) is 6.07 Å². The Morgan fingerprint density at radius 3 is 2.50 bits per heavy atom. The lowest BCUT2D eigenvalue weighted by Gasteiger charge is -2.15. The van der Waals surface area contributed by atoms with E-state index in [0.29, 0.717) is 30.0 Å². The van der Waals surface area contributed by atoms with Crippen molar-refractivity contribution >= 4 is 0 Å². The fraction of sp³-hybridized carbons (Fsp3) is 0.500. The molecule has 3 nitrogen and oxygen atoms in total. The normalized spacial score (nSPS) is 10.6. The average Bonchev–Trinajstić information content (AvgIpc) is 2.21. The summed E-state index contributed by atoms with van der Waals surface area (Å²) < 4.78 is 24.2. The van der Waals surface area contributed by atoms with Crippen molar-refractivity contribution in [1.82, 2.24) is 0 Å². The Balaban J connectivity index is 3.05. The number of rotatable bonds is 5. The lowest BCUT2D eigenvalue weighted by molar-refractivity contribution is 0.229. The van der Waals surface area contributed by atoms with E-state index < -0.39 is 0 Å². The van der Waals surface area contributed by atoms with Gasteiger partial charge in [-0.15, -0.1) is 0 Å². The first-order valence-corrected chi connectivity index (χ1v) is 5.31. The molecule has 1 aromatic carbocycles. The number of halogens is 1. The predicted molar refractivity (Wildman–Crippen MR) is 61.5 cm³/mol. The maximum Gasteiger partial charge on any atom is 0.164 e. The molecule has 0 radical (unpaired) electrons. The van der Waals surface area contributed by atoms with E-state index in [9.17, 15) is 4.39 Å². The Hall–Kier alpha value is -1.29. The maximum atomic E-state index is 13.6. The number of hydrogen-bond acceptors (Lipinski definition) is 3. The van der Waals surface area contributed by atoms with Crippen molar-refractivity contribution in [2.75, 3.05) is 13.7 Å². The third-order valence-corrected chi connectivity index (χ3v) is 2.11. The average molecular weight is 227 g/mol. The molecule has 16 heavy (non-hydrogen) atoms. The molecular weight excluding hydrogens is 209 g/mol. The van der Waals surface area contributed by atoms with Gasteiger partial charge in [0.25, 0.3) is 0 Å². The SMILES string of the molecule is COc1cc(CCN)c(F)cc1OC(C)C. The summed E-state index contributed by atoms with van der Waals surface area (Å²) in [5.74, 6) is 0.663. The zero-order valence-electron chi connectivity index (χ0n) is 9.92. The van der Waals surface area contributed by atoms with E-state index in [2.05, 4.69) is 0 Å². The van der Waals surface area contributed by atoms with Gasteiger partial charge in [-0.25, -0.2) is 4.39 Å². The minimum absolute atomic E-state index is 0.0198. The van der Waals surface area contributed by atoms with E-state index in [1.807, 2.05) is 13.8 Å². The summed E-state index contributed by atoms with van der Waals surface area (Å²) in [4.78, 5) is 0. The molecule has 0 saturated carbocycles. The molecule has 0 amide bonds. The molecule has 0 fully saturated rings. The third kappa shape index (κ3) is 3.10. The molecular formula is C12H18FNO2. The van der Waals surface area contributed by atoms with Gasteiger partial charge >= 0.3 is 0 Å². The van der Waals surface area contributed by atoms with Gasteiger partial charge in [0.1, 0.15) is 5.82 Å². The molecule has 1 rings (SSSR count). The van der Waals surface area contributed by atoms with Crippen LogP contribution in [0.1, 0.15) is 19.4 Å². The molecule has 1 aromatic rings. The van der Waals surface area contributed by atoms with Gasteiger partial charge in [-0.2, -0.15) is 0 Å². The first-order valence-electron chi connectivity index (χ1n) is 5.31. The van der Waals surface area contributed by atoms with Gasteiger partial charge in [-0.05, 0) is 38.4 Å². The van der Waals surface area contributed by atoms with E-state index in [-0.39, 0.29) is 11.9 Å². The first kappa shape index (κ1) is 12.8. The Kier molecular flexibility index (Phi) is 4.55. The zero-order valence-corrected chi connectivity index (χ0v) is 9.92. The Morgan fingerprint density at radius 2 is 2.00 bits per heavy atom. The summed E-state index contributed by atoms with van der Waals surface area (Å²) >= 11 is 0. The highest BCUT2D eigenvalue weighted by molar-refractivity contribution is 5.44. The molecule has 0 spiro atoms. The molecule has 0 aromatic heterocycles. The summed E-state index contributed by atoms with van der Waals surface area (Å²) in [5.41, 5.74) is 5.95. The number of methoxy groups -OCH3 is 1. The van der Waals surface area contributed by atoms with Crippen LogP contribution in [-0.4, -0.2) is 19.8 Å². The molecule has 0 aliphatic rings. The number of nitrogens with two attached hydrogens (primary N) is 1. The molecule has 2 N–H and O–H groups in total. The zero-order chi connectivity index (χ0) is 12.1. The summed E-state index contributed by atoms with van der Waals surface area (Å²) in [7, 11) is 1.53. The van der Waals surface area contributed by atoms with Crippen LogP contribution in [0.15, 0.2) is 12.1 Å². The lowest BCUT2D eigenvalue weighted by atomic mass is 10.1. The van der Waals surface area contributed by atoms with E-state index in [1.165, 1.54) is 13.2 Å². The standard InChI is InChI=1S/C12H18FNO2/c1-8(2)16-12-7-10(13)9(4-5-14)6-11(12)15-3/h6-8H,4-5,14H2,1-3H3. The van der Waals surface area contributed by atoms with Crippen LogP contribution in [0.5, 0.6) is 11.5 Å². The van der Waals surface area contributed by atoms with Crippen LogP contribution in [0, 0.1) is 5.82 Å². The quantitative estimate of drug-likeness (QED) is 0.838. The van der Waals surface area contributed by atoms with E-state index in [1.54, 1.807) is 6.07 Å². The van der Waals surface area contributed by atoms with Crippen LogP contribution in [0.3, 0.4) is 0 Å². The van der Waals surface area contributed by atoms with E-state index in [0.717, 1.165) is 0 Å². The van der Waals surface area contributed by atoms with Crippen molar-refractivity contribution in [3.63, 3.8) is 0 Å². The van der Waals surface area contributed by atoms with Gasteiger partial charge in [-0.3, -0.25) is 0 Å². The summed E-state index contributed by atoms with van der Waals surface area (Å²) in [6.07, 6.45) is 0.470. The molecule has 0 atom stereocenters. The van der Waals surface area contributed by atoms with Crippen LogP contribution >= 0.6 is 0 Å². The van der Waals surface area contributed by atoms with Crippen molar-refractivity contribution in [3.05, 3.63) is 23.5 Å². The Morgan fingerprint density at radius 1 is 1.31 bits per heavy atom. The van der Waals surface area contributed by atoms with E-state index in [4.69, 9.17) is 15.2 Å². The molecule has 0 unspecified atom stereocenters. The second kappa shape index (κ2) is 5.70. The number of hydrogen-bond donors (Lipinski definition) is 1. The number of ether oxygens (including phenoxy) is 2. The minimum Gasteiger partial charge on any atom is -0.493 e. The molecule has 0 aliphatic heterocycles. The molecule has 4 heteroatoms. The van der Waals surface area contributed by atoms with Crippen LogP contribution in [0.25, 0.3) is 0 Å². The van der Waals surface area contributed by atoms with Crippen molar-refractivity contribution in [2.24, 2.45) is 5.73 Å². The third-order valence-electron chi connectivity index (χ3n) is 2.11. The minimum atomic E-state index is -0.304. The highest BCUT2D eigenvalue weighted by Crippen LogP contribution is 2.31. The monoisotopic (exact) mass is 227 g/mol. The van der Waals surface area contributed by atoms with Crippen LogP contribution in [0.2, 0.25) is 0 Å². The molecule has 0 saturated heterocycles. The van der Waals surface area contributed by atoms with Gasteiger partial charge in [0.05, 0.1) is 13.2 Å². The second-order valence-electron chi connectivity index (χ2n) is 3.80. The maximum absolute atomic E-state index is 13.6. The fourth-order valence-electron chi connectivity index (χ4n) is 1.43. The van der Waals surface area contributed by atoms with Gasteiger partial charge in [-0.1, -0.05) is 0 Å². The van der Waals surface area contributed by atoms with Crippen LogP contribution in [0.4, 0.5) is 4.39 Å². The summed E-state index contributed by atoms with van der Waals surface area (Å²) in [6.45, 7) is 4.17. The van der Waals surface area contributed by atoms with Crippen molar-refractivity contribution < 1.29 is 13.9 Å². The number of benzene rings is 1. The second-order valence-corrected chi connectivity index (χ2v) is 3.80. The molecule has 0 heterocycles. The first-order chi connectivity index (χ1) is 7.58. The highest BCUT2D eigenvalue weighted by atomic mass is 19.1. The Bertz CT molecular complexity index is 353. The van der Waals surface area contributed by atoms with Crippen molar-refractivity contribution in [3.8, 4) is 11.5 Å². The van der Waals surface area contributed by atoms with Gasteiger partial charge < -0.3 is 15.2 Å².